The minimum atomic E-state index is -0.646. The summed E-state index contributed by atoms with van der Waals surface area (Å²) >= 11 is 0. The largest absolute Gasteiger partial charge is 0.495 e. The first kappa shape index (κ1) is 55.3. The Kier molecular flexibility index (Phi) is 18.6. The summed E-state index contributed by atoms with van der Waals surface area (Å²) in [4.78, 5) is 54.7. The predicted molar refractivity (Wildman–Crippen MR) is 269 cm³/mol. The van der Waals surface area contributed by atoms with Crippen molar-refractivity contribution < 1.29 is 41.3 Å². The summed E-state index contributed by atoms with van der Waals surface area (Å²) in [5, 5.41) is 1.91. The Hall–Kier alpha value is -8.28. The molecule has 0 saturated heterocycles. The number of nitrogens with zero attached hydrogens (tertiary/aromatic N) is 6. The minimum Gasteiger partial charge on any atom is -0.495 e. The predicted octanol–water partition coefficient (Wildman–Crippen LogP) is 10.4. The van der Waals surface area contributed by atoms with Crippen LogP contribution in [0, 0.1) is 37.2 Å². The van der Waals surface area contributed by atoms with Crippen LogP contribution in [0.2, 0.25) is 0 Å². The summed E-state index contributed by atoms with van der Waals surface area (Å²) < 4.78 is 77.6. The zero-order valence-electron chi connectivity index (χ0n) is 40.4. The Bertz CT molecular complexity index is 3490. The lowest BCUT2D eigenvalue weighted by atomic mass is 10.1. The molecule has 0 spiro atoms. The second-order valence-electron chi connectivity index (χ2n) is 16.5. The molecule has 0 saturated carbocycles. The number of pyridine rings is 3. The molecule has 5 heterocycles. The second kappa shape index (κ2) is 23.8. The Balaban J connectivity index is 0.000000195. The van der Waals surface area contributed by atoms with Crippen LogP contribution in [0.25, 0.3) is 43.6 Å². The van der Waals surface area contributed by atoms with Gasteiger partial charge in [0, 0.05) is 67.5 Å². The van der Waals surface area contributed by atoms with E-state index in [4.69, 9.17) is 14.2 Å². The molecule has 0 radical (unpaired) electrons. The van der Waals surface area contributed by atoms with Crippen LogP contribution in [-0.4, -0.2) is 61.3 Å². The highest BCUT2D eigenvalue weighted by Gasteiger charge is 2.19. The van der Waals surface area contributed by atoms with Crippen molar-refractivity contribution in [2.75, 3.05) is 21.3 Å². The van der Waals surface area contributed by atoms with Crippen LogP contribution in [0.15, 0.2) is 130 Å². The van der Waals surface area contributed by atoms with Crippen molar-refractivity contribution in [1.82, 2.24) is 28.2 Å². The minimum absolute atomic E-state index is 0. The fourth-order valence-electron chi connectivity index (χ4n) is 6.77. The first-order valence-electron chi connectivity index (χ1n) is 21.3. The summed E-state index contributed by atoms with van der Waals surface area (Å²) in [6.45, 7) is 9.03. The number of benzene rings is 4. The fraction of sp³-hybridized carbons (Fsp3) is 0.245. The third kappa shape index (κ3) is 13.5. The molecule has 14 nitrogen and oxygen atoms in total. The van der Waals surface area contributed by atoms with Crippen LogP contribution >= 0.6 is 0 Å². The van der Waals surface area contributed by atoms with Gasteiger partial charge in [-0.15, -0.1) is 0 Å². The molecule has 0 N–H and O–H groups in total. The standard InChI is InChI=1S/C14H14FNO3.C11H10FNO.C11H12N2O2.C9H8FN.C7H8FNO2.CH4/c1-14(2,3)19-13(18)16-7-6-12(17)10-8-9(15)4-5-11(10)16;1-7-3-4-8-9(13-7)5-6-10(14-2)11(8)12;1-7-4-5-9-8(6-7)10(14)13(3)11(15)12(9)2;1-11-6-8(10)7-4-2-3-5-9(7)11;1-10-5-3-6(11-2)7(8)9-4-5;/h4-8H,1-3H3;3-6H,1-2H3;4-6H,1-3H3;2-6H,1H3;3-4H,1-2H3;1H4. The maximum Gasteiger partial charge on any atom is 0.418 e. The number of ether oxygens (including phenoxy) is 4. The summed E-state index contributed by atoms with van der Waals surface area (Å²) in [5.41, 5.74) is 2.96. The van der Waals surface area contributed by atoms with Gasteiger partial charge in [-0.25, -0.2) is 27.7 Å². The third-order valence-electron chi connectivity index (χ3n) is 10.3. The molecule has 0 bridgehead atoms. The molecule has 18 heteroatoms. The average Bonchev–Trinajstić information content (AvgIpc) is 3.62. The van der Waals surface area contributed by atoms with Crippen molar-refractivity contribution in [3.05, 3.63) is 181 Å². The fourth-order valence-corrected chi connectivity index (χ4v) is 6.77. The lowest BCUT2D eigenvalue weighted by Crippen LogP contribution is -2.36. The second-order valence-corrected chi connectivity index (χ2v) is 16.5. The maximum absolute atomic E-state index is 13.6. The van der Waals surface area contributed by atoms with Crippen LogP contribution < -0.4 is 30.9 Å². The number of aromatic nitrogens is 6. The molecular formula is C53H56F4N6O8. The molecule has 0 aliphatic rings. The highest BCUT2D eigenvalue weighted by Crippen LogP contribution is 2.25. The van der Waals surface area contributed by atoms with E-state index in [1.165, 1.54) is 80.4 Å². The quantitative estimate of drug-likeness (QED) is 0.124. The molecule has 5 aromatic heterocycles. The first-order valence-corrected chi connectivity index (χ1v) is 21.3. The van der Waals surface area contributed by atoms with Gasteiger partial charge in [-0.2, -0.15) is 4.39 Å². The maximum atomic E-state index is 13.6. The lowest BCUT2D eigenvalue weighted by molar-refractivity contribution is 0.0543. The van der Waals surface area contributed by atoms with Crippen molar-refractivity contribution in [2.45, 2.75) is 47.6 Å². The van der Waals surface area contributed by atoms with E-state index in [0.717, 1.165) is 27.4 Å². The van der Waals surface area contributed by atoms with Crippen molar-refractivity contribution in [3.63, 3.8) is 0 Å². The van der Waals surface area contributed by atoms with E-state index >= 15 is 0 Å². The van der Waals surface area contributed by atoms with Crippen molar-refractivity contribution in [1.29, 1.82) is 0 Å². The van der Waals surface area contributed by atoms with Gasteiger partial charge in [0.25, 0.3) is 11.5 Å². The van der Waals surface area contributed by atoms with Gasteiger partial charge in [0.2, 0.25) is 0 Å². The van der Waals surface area contributed by atoms with E-state index in [2.05, 4.69) is 14.7 Å². The Morgan fingerprint density at radius 1 is 0.662 bits per heavy atom. The van der Waals surface area contributed by atoms with E-state index in [1.807, 2.05) is 45.2 Å². The molecule has 0 aliphatic heterocycles. The summed E-state index contributed by atoms with van der Waals surface area (Å²) in [7, 11) is 9.30. The van der Waals surface area contributed by atoms with Gasteiger partial charge in [-0.3, -0.25) is 28.3 Å². The monoisotopic (exact) mass is 980 g/mol. The van der Waals surface area contributed by atoms with Crippen LogP contribution in [0.4, 0.5) is 22.4 Å². The molecule has 0 aliphatic carbocycles. The molecule has 0 amide bonds. The smallest absolute Gasteiger partial charge is 0.418 e. The summed E-state index contributed by atoms with van der Waals surface area (Å²) in [6.07, 6.45) is 3.50. The highest BCUT2D eigenvalue weighted by atomic mass is 19.1. The van der Waals surface area contributed by atoms with Gasteiger partial charge < -0.3 is 23.5 Å². The highest BCUT2D eigenvalue weighted by molar-refractivity contribution is 5.88. The van der Waals surface area contributed by atoms with Gasteiger partial charge in [0.1, 0.15) is 23.0 Å². The van der Waals surface area contributed by atoms with E-state index in [-0.39, 0.29) is 52.6 Å². The normalized spacial score (nSPS) is 10.6. The van der Waals surface area contributed by atoms with Crippen molar-refractivity contribution >= 4 is 49.7 Å². The lowest BCUT2D eigenvalue weighted by Gasteiger charge is -2.20. The van der Waals surface area contributed by atoms with Crippen molar-refractivity contribution in [2.24, 2.45) is 21.1 Å². The Morgan fingerprint density at radius 3 is 1.99 bits per heavy atom. The molecule has 9 aromatic rings. The number of rotatable bonds is 3. The molecule has 4 aromatic carbocycles. The van der Waals surface area contributed by atoms with Gasteiger partial charge in [-0.1, -0.05) is 31.2 Å². The van der Waals surface area contributed by atoms with E-state index in [1.54, 1.807) is 74.9 Å². The average molecular weight is 981 g/mol. The molecule has 0 unspecified atom stereocenters. The number of halogens is 4. The van der Waals surface area contributed by atoms with Crippen molar-refractivity contribution in [3.8, 4) is 17.2 Å². The topological polar surface area (TPSA) is 151 Å². The number of methoxy groups -OCH3 is 3. The number of hydrogen-bond donors (Lipinski definition) is 0. The van der Waals surface area contributed by atoms with Crippen LogP contribution in [0.5, 0.6) is 17.2 Å². The summed E-state index contributed by atoms with van der Waals surface area (Å²) in [5.74, 6) is -0.837. The summed E-state index contributed by atoms with van der Waals surface area (Å²) in [6, 6.07) is 26.1. The van der Waals surface area contributed by atoms with Crippen LogP contribution in [0.3, 0.4) is 0 Å². The zero-order valence-corrected chi connectivity index (χ0v) is 40.4. The molecular weight excluding hydrogens is 925 g/mol. The third-order valence-corrected chi connectivity index (χ3v) is 10.3. The Morgan fingerprint density at radius 2 is 1.34 bits per heavy atom. The molecule has 374 valence electrons. The van der Waals surface area contributed by atoms with E-state index < -0.39 is 23.5 Å². The zero-order chi connectivity index (χ0) is 51.6. The number of hydrogen-bond acceptors (Lipinski definition) is 10. The SMILES string of the molecule is C.CC(C)(C)OC(=O)n1ccc(=O)c2cc(F)ccc21.COc1ccc2nc(C)ccc2c1F.COc1cnc(F)c(OC)c1.Cc1ccc2c(c1)c(=O)n(C)c(=O)n2C.Cn1cc(F)c2ccccc21. The molecule has 0 atom stereocenters. The number of aryl methyl sites for hydroxylation is 4. The van der Waals surface area contributed by atoms with Gasteiger partial charge in [0.15, 0.2) is 22.7 Å². The number of fused-ring (bicyclic) bond motifs is 4. The van der Waals surface area contributed by atoms with Crippen LogP contribution in [0.1, 0.15) is 39.5 Å². The van der Waals surface area contributed by atoms with Gasteiger partial charge in [-0.05, 0) is 101 Å². The number of carbonyl (C=O) groups is 1. The number of carbonyl (C=O) groups excluding carboxylic acids is 1. The van der Waals surface area contributed by atoms with E-state index in [9.17, 15) is 36.7 Å². The first-order chi connectivity index (χ1) is 33.1. The van der Waals surface area contributed by atoms with Gasteiger partial charge in [0.05, 0.1) is 55.0 Å². The van der Waals surface area contributed by atoms with Crippen LogP contribution in [-0.2, 0) is 25.9 Å². The van der Waals surface area contributed by atoms with E-state index in [0.29, 0.717) is 38.5 Å². The Labute approximate surface area is 406 Å². The molecule has 0 fully saturated rings. The molecule has 71 heavy (non-hydrogen) atoms. The van der Waals surface area contributed by atoms with Gasteiger partial charge >= 0.3 is 11.8 Å². The molecule has 9 rings (SSSR count). The number of para-hydroxylation sites is 1.